The van der Waals surface area contributed by atoms with Gasteiger partial charge in [-0.3, -0.25) is 0 Å². The van der Waals surface area contributed by atoms with Crippen molar-refractivity contribution in [1.29, 1.82) is 0 Å². The fourth-order valence-corrected chi connectivity index (χ4v) is 1.54. The molecule has 62 valence electrons. The summed E-state index contributed by atoms with van der Waals surface area (Å²) in [6.45, 7) is 5.50. The Labute approximate surface area is 72.7 Å². The highest BCUT2D eigenvalue weighted by Crippen LogP contribution is 2.28. The normalized spacial score (nSPS) is 23.0. The number of hydrogen-bond donors (Lipinski definition) is 0. The van der Waals surface area contributed by atoms with Crippen LogP contribution in [0.4, 0.5) is 0 Å². The van der Waals surface area contributed by atoms with E-state index in [2.05, 4.69) is 30.8 Å². The van der Waals surface area contributed by atoms with Crippen molar-refractivity contribution < 1.29 is 4.74 Å². The highest BCUT2D eigenvalue weighted by atomic mass is 16.5. The molecule has 2 rings (SSSR count). The van der Waals surface area contributed by atoms with Gasteiger partial charge >= 0.3 is 0 Å². The monoisotopic (exact) mass is 160 g/mol. The van der Waals surface area contributed by atoms with Crippen molar-refractivity contribution in [2.45, 2.75) is 5.92 Å². The van der Waals surface area contributed by atoms with Crippen LogP contribution in [-0.4, -0.2) is 13.2 Å². The topological polar surface area (TPSA) is 9.23 Å². The summed E-state index contributed by atoms with van der Waals surface area (Å²) in [4.78, 5) is 0. The van der Waals surface area contributed by atoms with E-state index in [9.17, 15) is 0 Å². The van der Waals surface area contributed by atoms with Crippen molar-refractivity contribution in [3.8, 4) is 0 Å². The van der Waals surface area contributed by atoms with E-state index in [1.165, 1.54) is 11.1 Å². The van der Waals surface area contributed by atoms with Crippen molar-refractivity contribution in [1.82, 2.24) is 0 Å². The third-order valence-corrected chi connectivity index (χ3v) is 2.27. The summed E-state index contributed by atoms with van der Waals surface area (Å²) in [5.41, 5.74) is 2.52. The zero-order valence-corrected chi connectivity index (χ0v) is 6.99. The van der Waals surface area contributed by atoms with Crippen molar-refractivity contribution in [2.75, 3.05) is 13.2 Å². The third kappa shape index (κ3) is 1.28. The highest BCUT2D eigenvalue weighted by molar-refractivity contribution is 5.29. The first-order chi connectivity index (χ1) is 5.88. The van der Waals surface area contributed by atoms with Gasteiger partial charge in [-0.05, 0) is 11.1 Å². The van der Waals surface area contributed by atoms with Gasteiger partial charge < -0.3 is 4.74 Å². The van der Waals surface area contributed by atoms with Crippen LogP contribution < -0.4 is 0 Å². The largest absolute Gasteiger partial charge is 0.376 e. The molecule has 1 heteroatoms. The zero-order chi connectivity index (χ0) is 8.39. The minimum Gasteiger partial charge on any atom is -0.376 e. The molecule has 0 aliphatic carbocycles. The van der Waals surface area contributed by atoms with Gasteiger partial charge in [-0.1, -0.05) is 36.9 Å². The zero-order valence-electron chi connectivity index (χ0n) is 6.99. The second-order valence-corrected chi connectivity index (χ2v) is 3.14. The standard InChI is InChI=1S/C11H12O/c1-9-7-12-8-11(9)10-5-3-2-4-6-10/h2-6,11H,1,7-8H2. The lowest BCUT2D eigenvalue weighted by Crippen LogP contribution is -1.98. The second-order valence-electron chi connectivity index (χ2n) is 3.14. The molecule has 1 atom stereocenters. The van der Waals surface area contributed by atoms with Crippen molar-refractivity contribution in [3.05, 3.63) is 48.0 Å². The van der Waals surface area contributed by atoms with Gasteiger partial charge in [0.25, 0.3) is 0 Å². The van der Waals surface area contributed by atoms with E-state index in [0.29, 0.717) is 5.92 Å². The van der Waals surface area contributed by atoms with Crippen LogP contribution in [0.3, 0.4) is 0 Å². The van der Waals surface area contributed by atoms with Crippen LogP contribution in [-0.2, 0) is 4.74 Å². The van der Waals surface area contributed by atoms with E-state index < -0.39 is 0 Å². The van der Waals surface area contributed by atoms with Crippen LogP contribution in [0.1, 0.15) is 11.5 Å². The van der Waals surface area contributed by atoms with Gasteiger partial charge in [0.05, 0.1) is 13.2 Å². The smallest absolute Gasteiger partial charge is 0.0681 e. The van der Waals surface area contributed by atoms with Gasteiger partial charge in [0, 0.05) is 5.92 Å². The summed E-state index contributed by atoms with van der Waals surface area (Å²) in [6, 6.07) is 10.4. The Balaban J connectivity index is 2.25. The van der Waals surface area contributed by atoms with E-state index in [0.717, 1.165) is 13.2 Å². The van der Waals surface area contributed by atoms with E-state index in [1.807, 2.05) is 6.07 Å². The Kier molecular flexibility index (Phi) is 1.96. The van der Waals surface area contributed by atoms with Gasteiger partial charge in [-0.2, -0.15) is 0 Å². The van der Waals surface area contributed by atoms with Crippen molar-refractivity contribution in [2.24, 2.45) is 0 Å². The molecule has 1 fully saturated rings. The van der Waals surface area contributed by atoms with E-state index in [1.54, 1.807) is 0 Å². The lowest BCUT2D eigenvalue weighted by molar-refractivity contribution is 0.199. The predicted octanol–water partition coefficient (Wildman–Crippen LogP) is 2.36. The van der Waals surface area contributed by atoms with Gasteiger partial charge in [-0.25, -0.2) is 0 Å². The fraction of sp³-hybridized carbons (Fsp3) is 0.273. The maximum Gasteiger partial charge on any atom is 0.0681 e. The number of rotatable bonds is 1. The Morgan fingerprint density at radius 1 is 1.25 bits per heavy atom. The molecule has 1 nitrogen and oxygen atoms in total. The SMILES string of the molecule is C=C1COCC1c1ccccc1. The maximum atomic E-state index is 5.32. The molecule has 0 N–H and O–H groups in total. The van der Waals surface area contributed by atoms with E-state index >= 15 is 0 Å². The molecule has 0 aromatic heterocycles. The lowest BCUT2D eigenvalue weighted by atomic mass is 9.95. The Hall–Kier alpha value is -1.08. The number of benzene rings is 1. The van der Waals surface area contributed by atoms with E-state index in [-0.39, 0.29) is 0 Å². The Morgan fingerprint density at radius 3 is 2.58 bits per heavy atom. The molecule has 1 saturated heterocycles. The highest BCUT2D eigenvalue weighted by Gasteiger charge is 2.20. The van der Waals surface area contributed by atoms with Crippen LogP contribution in [0.15, 0.2) is 42.5 Å². The summed E-state index contributed by atoms with van der Waals surface area (Å²) in [7, 11) is 0. The van der Waals surface area contributed by atoms with Crippen LogP contribution in [0.25, 0.3) is 0 Å². The van der Waals surface area contributed by atoms with E-state index in [4.69, 9.17) is 4.74 Å². The molecule has 1 heterocycles. The molecular formula is C11H12O. The average Bonchev–Trinajstić information content (AvgIpc) is 2.53. The lowest BCUT2D eigenvalue weighted by Gasteiger charge is -2.08. The van der Waals surface area contributed by atoms with Gasteiger partial charge in [0.15, 0.2) is 0 Å². The summed E-state index contributed by atoms with van der Waals surface area (Å²) in [6.07, 6.45) is 0. The van der Waals surface area contributed by atoms with Gasteiger partial charge in [-0.15, -0.1) is 0 Å². The molecule has 1 aromatic rings. The molecule has 1 aliphatic rings. The minimum absolute atomic E-state index is 0.422. The molecule has 12 heavy (non-hydrogen) atoms. The molecule has 1 unspecified atom stereocenters. The Morgan fingerprint density at radius 2 is 2.00 bits per heavy atom. The molecular weight excluding hydrogens is 148 g/mol. The van der Waals surface area contributed by atoms with Crippen LogP contribution in [0, 0.1) is 0 Å². The fourth-order valence-electron chi connectivity index (χ4n) is 1.54. The molecule has 0 radical (unpaired) electrons. The quantitative estimate of drug-likeness (QED) is 0.573. The van der Waals surface area contributed by atoms with Gasteiger partial charge in [0.2, 0.25) is 0 Å². The molecule has 0 bridgehead atoms. The average molecular weight is 160 g/mol. The van der Waals surface area contributed by atoms with Crippen LogP contribution >= 0.6 is 0 Å². The van der Waals surface area contributed by atoms with Crippen molar-refractivity contribution >= 4 is 0 Å². The Bertz CT molecular complexity index is 276. The summed E-state index contributed by atoms with van der Waals surface area (Å²) < 4.78 is 5.32. The van der Waals surface area contributed by atoms with Crippen molar-refractivity contribution in [3.63, 3.8) is 0 Å². The first-order valence-corrected chi connectivity index (χ1v) is 4.18. The summed E-state index contributed by atoms with van der Waals surface area (Å²) >= 11 is 0. The third-order valence-electron chi connectivity index (χ3n) is 2.27. The molecule has 0 amide bonds. The molecule has 0 saturated carbocycles. The van der Waals surface area contributed by atoms with Crippen LogP contribution in [0.5, 0.6) is 0 Å². The number of hydrogen-bond acceptors (Lipinski definition) is 1. The summed E-state index contributed by atoms with van der Waals surface area (Å²) in [5.74, 6) is 0.422. The predicted molar refractivity (Wildman–Crippen MR) is 49.1 cm³/mol. The molecule has 0 spiro atoms. The minimum atomic E-state index is 0.422. The van der Waals surface area contributed by atoms with Crippen LogP contribution in [0.2, 0.25) is 0 Å². The summed E-state index contributed by atoms with van der Waals surface area (Å²) in [5, 5.41) is 0. The molecule has 1 aliphatic heterocycles. The number of ether oxygens (including phenoxy) is 1. The second kappa shape index (κ2) is 3.11. The first-order valence-electron chi connectivity index (χ1n) is 4.18. The molecule has 1 aromatic carbocycles. The maximum absolute atomic E-state index is 5.32. The van der Waals surface area contributed by atoms with Gasteiger partial charge in [0.1, 0.15) is 0 Å². The first kappa shape index (κ1) is 7.56.